The molecule has 0 atom stereocenters. The van der Waals surface area contributed by atoms with Gasteiger partial charge in [-0.2, -0.15) is 0 Å². The van der Waals surface area contributed by atoms with Gasteiger partial charge in [0.25, 0.3) is 0 Å². The number of nitrogens with two attached hydrogens (primary N) is 1. The van der Waals surface area contributed by atoms with Gasteiger partial charge in [0, 0.05) is 5.92 Å². The van der Waals surface area contributed by atoms with Gasteiger partial charge in [0.15, 0.2) is 0 Å². The highest BCUT2D eigenvalue weighted by molar-refractivity contribution is 9.10. The zero-order chi connectivity index (χ0) is 13.4. The number of nitrogen functional groups attached to an aromatic ring is 1. The first-order valence-corrected chi connectivity index (χ1v) is 7.37. The van der Waals surface area contributed by atoms with Crippen LogP contribution in [0.1, 0.15) is 35.5 Å². The highest BCUT2D eigenvalue weighted by Gasteiger charge is 2.25. The second kappa shape index (κ2) is 4.93. The van der Waals surface area contributed by atoms with Crippen LogP contribution in [-0.4, -0.2) is 9.97 Å². The minimum absolute atomic E-state index is 0.359. The van der Waals surface area contributed by atoms with Crippen LogP contribution in [0.3, 0.4) is 0 Å². The quantitative estimate of drug-likeness (QED) is 0.924. The largest absolute Gasteiger partial charge is 0.383 e. The monoisotopic (exact) mass is 317 g/mol. The molecule has 2 aromatic rings. The van der Waals surface area contributed by atoms with E-state index < -0.39 is 0 Å². The summed E-state index contributed by atoms with van der Waals surface area (Å²) in [5.74, 6) is 1.80. The SMILES string of the molecule is CCc1nc(C2Cc3ccccc3C2)nc(N)c1Br. The molecule has 0 fully saturated rings. The lowest BCUT2D eigenvalue weighted by atomic mass is 10.1. The van der Waals surface area contributed by atoms with Gasteiger partial charge in [-0.3, -0.25) is 0 Å². The summed E-state index contributed by atoms with van der Waals surface area (Å²) in [6.45, 7) is 2.08. The number of benzene rings is 1. The fourth-order valence-corrected chi connectivity index (χ4v) is 3.15. The molecule has 0 spiro atoms. The van der Waals surface area contributed by atoms with Gasteiger partial charge in [-0.05, 0) is 46.3 Å². The smallest absolute Gasteiger partial charge is 0.141 e. The van der Waals surface area contributed by atoms with E-state index >= 15 is 0 Å². The number of rotatable bonds is 2. The van der Waals surface area contributed by atoms with Crippen molar-refractivity contribution < 1.29 is 0 Å². The molecule has 2 N–H and O–H groups in total. The van der Waals surface area contributed by atoms with Crippen LogP contribution in [0, 0.1) is 0 Å². The molecule has 0 aliphatic heterocycles. The van der Waals surface area contributed by atoms with E-state index in [2.05, 4.69) is 57.1 Å². The maximum atomic E-state index is 5.97. The first-order valence-electron chi connectivity index (χ1n) is 6.57. The van der Waals surface area contributed by atoms with Gasteiger partial charge in [-0.1, -0.05) is 31.2 Å². The van der Waals surface area contributed by atoms with Gasteiger partial charge < -0.3 is 5.73 Å². The lowest BCUT2D eigenvalue weighted by molar-refractivity contribution is 0.675. The van der Waals surface area contributed by atoms with E-state index in [0.717, 1.165) is 35.3 Å². The first kappa shape index (κ1) is 12.6. The van der Waals surface area contributed by atoms with Gasteiger partial charge in [0.1, 0.15) is 11.6 Å². The Labute approximate surface area is 121 Å². The fourth-order valence-electron chi connectivity index (χ4n) is 2.69. The number of hydrogen-bond donors (Lipinski definition) is 1. The van der Waals surface area contributed by atoms with Crippen molar-refractivity contribution in [1.29, 1.82) is 0 Å². The number of fused-ring (bicyclic) bond motifs is 1. The Morgan fingerprint density at radius 1 is 1.21 bits per heavy atom. The molecule has 1 heterocycles. The van der Waals surface area contributed by atoms with Crippen LogP contribution in [-0.2, 0) is 19.3 Å². The Kier molecular flexibility index (Phi) is 3.27. The fraction of sp³-hybridized carbons (Fsp3) is 0.333. The van der Waals surface area contributed by atoms with Gasteiger partial charge >= 0.3 is 0 Å². The van der Waals surface area contributed by atoms with Crippen LogP contribution in [0.2, 0.25) is 0 Å². The molecule has 1 aromatic carbocycles. The molecule has 0 saturated carbocycles. The van der Waals surface area contributed by atoms with Gasteiger partial charge in [-0.25, -0.2) is 9.97 Å². The van der Waals surface area contributed by atoms with E-state index in [0.29, 0.717) is 11.7 Å². The molecule has 19 heavy (non-hydrogen) atoms. The van der Waals surface area contributed by atoms with Crippen molar-refractivity contribution in [3.8, 4) is 0 Å². The van der Waals surface area contributed by atoms with E-state index in [1.165, 1.54) is 11.1 Å². The average Bonchev–Trinajstić information content (AvgIpc) is 2.85. The predicted molar refractivity (Wildman–Crippen MR) is 80.1 cm³/mol. The normalized spacial score (nSPS) is 14.6. The van der Waals surface area contributed by atoms with Crippen molar-refractivity contribution >= 4 is 21.7 Å². The molecule has 1 aliphatic rings. The molecule has 4 heteroatoms. The minimum Gasteiger partial charge on any atom is -0.383 e. The third kappa shape index (κ3) is 2.25. The molecule has 3 rings (SSSR count). The maximum absolute atomic E-state index is 5.97. The number of aromatic nitrogens is 2. The van der Waals surface area contributed by atoms with Crippen LogP contribution in [0.25, 0.3) is 0 Å². The van der Waals surface area contributed by atoms with Gasteiger partial charge in [-0.15, -0.1) is 0 Å². The molecule has 0 bridgehead atoms. The van der Waals surface area contributed by atoms with Crippen molar-refractivity contribution in [3.05, 3.63) is 51.4 Å². The predicted octanol–water partition coefficient (Wildman–Crippen LogP) is 3.27. The van der Waals surface area contributed by atoms with Crippen molar-refractivity contribution in [3.63, 3.8) is 0 Å². The highest BCUT2D eigenvalue weighted by Crippen LogP contribution is 2.33. The van der Waals surface area contributed by atoms with E-state index in [1.54, 1.807) is 0 Å². The summed E-state index contributed by atoms with van der Waals surface area (Å²) < 4.78 is 0.842. The van der Waals surface area contributed by atoms with Crippen molar-refractivity contribution in [2.75, 3.05) is 5.73 Å². The number of nitrogens with zero attached hydrogens (tertiary/aromatic N) is 2. The van der Waals surface area contributed by atoms with E-state index in [1.807, 2.05) is 0 Å². The number of hydrogen-bond acceptors (Lipinski definition) is 3. The standard InChI is InChI=1S/C15H16BrN3/c1-2-12-13(16)14(17)19-15(18-12)11-7-9-5-3-4-6-10(9)8-11/h3-6,11H,2,7-8H2,1H3,(H2,17,18,19). The third-order valence-corrected chi connectivity index (χ3v) is 4.58. The van der Waals surface area contributed by atoms with Crippen LogP contribution < -0.4 is 5.73 Å². The van der Waals surface area contributed by atoms with Crippen molar-refractivity contribution in [1.82, 2.24) is 9.97 Å². The van der Waals surface area contributed by atoms with Crippen molar-refractivity contribution in [2.24, 2.45) is 0 Å². The van der Waals surface area contributed by atoms with E-state index in [4.69, 9.17) is 5.73 Å². The second-order valence-electron chi connectivity index (χ2n) is 4.96. The number of aryl methyl sites for hydroxylation is 1. The first-order chi connectivity index (χ1) is 9.19. The molecule has 98 valence electrons. The maximum Gasteiger partial charge on any atom is 0.141 e. The summed E-state index contributed by atoms with van der Waals surface area (Å²) >= 11 is 3.46. The molecular weight excluding hydrogens is 302 g/mol. The molecule has 0 amide bonds. The molecular formula is C15H16BrN3. The second-order valence-corrected chi connectivity index (χ2v) is 5.75. The Morgan fingerprint density at radius 3 is 2.42 bits per heavy atom. The Morgan fingerprint density at radius 2 is 1.84 bits per heavy atom. The average molecular weight is 318 g/mol. The van der Waals surface area contributed by atoms with Crippen LogP contribution in [0.5, 0.6) is 0 Å². The summed E-state index contributed by atoms with van der Waals surface area (Å²) in [5.41, 5.74) is 9.80. The van der Waals surface area contributed by atoms with Crippen LogP contribution >= 0.6 is 15.9 Å². The molecule has 3 nitrogen and oxygen atoms in total. The summed E-state index contributed by atoms with van der Waals surface area (Å²) in [7, 11) is 0. The Hall–Kier alpha value is -1.42. The lowest BCUT2D eigenvalue weighted by Gasteiger charge is -2.11. The zero-order valence-corrected chi connectivity index (χ0v) is 12.4. The third-order valence-electron chi connectivity index (χ3n) is 3.71. The van der Waals surface area contributed by atoms with Gasteiger partial charge in [0.05, 0.1) is 10.2 Å². The summed E-state index contributed by atoms with van der Waals surface area (Å²) in [6, 6.07) is 8.57. The summed E-state index contributed by atoms with van der Waals surface area (Å²) in [6.07, 6.45) is 2.89. The molecule has 0 unspecified atom stereocenters. The van der Waals surface area contributed by atoms with Crippen LogP contribution in [0.4, 0.5) is 5.82 Å². The molecule has 1 aliphatic carbocycles. The van der Waals surface area contributed by atoms with E-state index in [-0.39, 0.29) is 0 Å². The van der Waals surface area contributed by atoms with Gasteiger partial charge in [0.2, 0.25) is 0 Å². The molecule has 0 radical (unpaired) electrons. The van der Waals surface area contributed by atoms with Crippen molar-refractivity contribution in [2.45, 2.75) is 32.1 Å². The molecule has 0 saturated heterocycles. The number of anilines is 1. The highest BCUT2D eigenvalue weighted by atomic mass is 79.9. The lowest BCUT2D eigenvalue weighted by Crippen LogP contribution is -2.10. The Bertz CT molecular complexity index is 600. The van der Waals surface area contributed by atoms with E-state index in [9.17, 15) is 0 Å². The molecule has 1 aromatic heterocycles. The minimum atomic E-state index is 0.359. The number of halogens is 1. The van der Waals surface area contributed by atoms with Crippen LogP contribution in [0.15, 0.2) is 28.7 Å². The Balaban J connectivity index is 1.95. The summed E-state index contributed by atoms with van der Waals surface area (Å²) in [4.78, 5) is 9.14. The summed E-state index contributed by atoms with van der Waals surface area (Å²) in [5, 5.41) is 0. The topological polar surface area (TPSA) is 51.8 Å². The zero-order valence-electron chi connectivity index (χ0n) is 10.9.